The fraction of sp³-hybridized carbons (Fsp3) is 0.158. The number of carbonyl (C=O) groups excluding carboxylic acids is 2. The molecule has 1 aliphatic heterocycles. The molecule has 1 aromatic heterocycles. The summed E-state index contributed by atoms with van der Waals surface area (Å²) in [6.07, 6.45) is 3.46. The third-order valence-corrected chi connectivity index (χ3v) is 5.14. The van der Waals surface area contributed by atoms with Gasteiger partial charge in [0.15, 0.2) is 0 Å². The minimum atomic E-state index is -0.423. The summed E-state index contributed by atoms with van der Waals surface area (Å²) in [7, 11) is 0. The molecule has 0 aliphatic carbocycles. The molecule has 2 heterocycles. The first kappa shape index (κ1) is 17.4. The molecule has 0 saturated carbocycles. The number of hydrogen-bond donors (Lipinski definition) is 1. The molecule has 1 N–H and O–H groups in total. The van der Waals surface area contributed by atoms with E-state index < -0.39 is 5.92 Å². The standard InChI is InChI=1S/C19H16BrN5O2/c20-14-5-1-3-7-16(14)24-12-13(11-18(24)26)19(27)22-15-6-2-4-8-17(15)25-10-9-21-23-25/h1-10,13H,11-12H2,(H,22,27). The highest BCUT2D eigenvalue weighted by molar-refractivity contribution is 9.10. The SMILES string of the molecule is O=C(Nc1ccccc1-n1ccnn1)C1CC(=O)N(c2ccccc2Br)C1. The Hall–Kier alpha value is -3.00. The lowest BCUT2D eigenvalue weighted by Crippen LogP contribution is -2.28. The van der Waals surface area contributed by atoms with Gasteiger partial charge in [0.05, 0.1) is 35.4 Å². The van der Waals surface area contributed by atoms with Crippen molar-refractivity contribution >= 4 is 39.1 Å². The number of para-hydroxylation sites is 3. The van der Waals surface area contributed by atoms with Crippen LogP contribution in [0.15, 0.2) is 65.4 Å². The Bertz CT molecular complexity index is 989. The zero-order valence-electron chi connectivity index (χ0n) is 14.2. The number of carbonyl (C=O) groups is 2. The Labute approximate surface area is 164 Å². The average Bonchev–Trinajstić information content (AvgIpc) is 3.33. The van der Waals surface area contributed by atoms with Gasteiger partial charge in [0.25, 0.3) is 0 Å². The molecule has 0 radical (unpaired) electrons. The topological polar surface area (TPSA) is 80.1 Å². The molecule has 7 nitrogen and oxygen atoms in total. The van der Waals surface area contributed by atoms with Gasteiger partial charge in [-0.15, -0.1) is 5.10 Å². The molecular formula is C19H16BrN5O2. The molecule has 2 aromatic carbocycles. The minimum Gasteiger partial charge on any atom is -0.324 e. The Balaban J connectivity index is 1.52. The second-order valence-corrected chi connectivity index (χ2v) is 7.07. The Morgan fingerprint density at radius 1 is 1.11 bits per heavy atom. The highest BCUT2D eigenvalue weighted by Crippen LogP contribution is 2.32. The first-order valence-corrected chi connectivity index (χ1v) is 9.24. The largest absolute Gasteiger partial charge is 0.324 e. The van der Waals surface area contributed by atoms with Crippen molar-refractivity contribution in [2.45, 2.75) is 6.42 Å². The number of nitrogens with one attached hydrogen (secondary N) is 1. The Kier molecular flexibility index (Phi) is 4.72. The van der Waals surface area contributed by atoms with Crippen molar-refractivity contribution in [3.05, 3.63) is 65.4 Å². The number of hydrogen-bond acceptors (Lipinski definition) is 4. The first-order chi connectivity index (χ1) is 13.1. The summed E-state index contributed by atoms with van der Waals surface area (Å²) < 4.78 is 2.42. The Morgan fingerprint density at radius 2 is 1.85 bits per heavy atom. The van der Waals surface area contributed by atoms with Crippen molar-refractivity contribution in [3.63, 3.8) is 0 Å². The van der Waals surface area contributed by atoms with Gasteiger partial charge < -0.3 is 10.2 Å². The van der Waals surface area contributed by atoms with E-state index in [0.29, 0.717) is 12.2 Å². The summed E-state index contributed by atoms with van der Waals surface area (Å²) in [5, 5.41) is 10.7. The van der Waals surface area contributed by atoms with Crippen molar-refractivity contribution in [2.24, 2.45) is 5.92 Å². The predicted octanol–water partition coefficient (Wildman–Crippen LogP) is 3.02. The van der Waals surface area contributed by atoms with E-state index >= 15 is 0 Å². The molecule has 2 amide bonds. The van der Waals surface area contributed by atoms with Crippen LogP contribution < -0.4 is 10.2 Å². The van der Waals surface area contributed by atoms with Crippen LogP contribution in [0.5, 0.6) is 0 Å². The van der Waals surface area contributed by atoms with Gasteiger partial charge in [-0.2, -0.15) is 0 Å². The van der Waals surface area contributed by atoms with Crippen molar-refractivity contribution in [3.8, 4) is 5.69 Å². The van der Waals surface area contributed by atoms with Gasteiger partial charge in [-0.1, -0.05) is 29.5 Å². The molecule has 1 aliphatic rings. The summed E-state index contributed by atoms with van der Waals surface area (Å²) in [5.41, 5.74) is 2.12. The number of anilines is 2. The van der Waals surface area contributed by atoms with Crippen LogP contribution in [-0.2, 0) is 9.59 Å². The van der Waals surface area contributed by atoms with E-state index in [0.717, 1.165) is 15.8 Å². The van der Waals surface area contributed by atoms with Crippen molar-refractivity contribution < 1.29 is 9.59 Å². The molecule has 1 saturated heterocycles. The van der Waals surface area contributed by atoms with E-state index in [1.807, 2.05) is 42.5 Å². The van der Waals surface area contributed by atoms with E-state index in [1.165, 1.54) is 0 Å². The monoisotopic (exact) mass is 425 g/mol. The summed E-state index contributed by atoms with van der Waals surface area (Å²) >= 11 is 3.47. The molecule has 136 valence electrons. The number of nitrogens with zero attached hydrogens (tertiary/aromatic N) is 4. The maximum atomic E-state index is 12.8. The fourth-order valence-corrected chi connectivity index (χ4v) is 3.64. The zero-order valence-corrected chi connectivity index (χ0v) is 15.8. The second-order valence-electron chi connectivity index (χ2n) is 6.21. The molecule has 8 heteroatoms. The predicted molar refractivity (Wildman–Crippen MR) is 105 cm³/mol. The molecule has 1 fully saturated rings. The summed E-state index contributed by atoms with van der Waals surface area (Å²) in [6, 6.07) is 14.8. The first-order valence-electron chi connectivity index (χ1n) is 8.45. The van der Waals surface area contributed by atoms with Crippen LogP contribution in [0.25, 0.3) is 5.69 Å². The van der Waals surface area contributed by atoms with Crippen LogP contribution in [0.2, 0.25) is 0 Å². The lowest BCUT2D eigenvalue weighted by atomic mass is 10.1. The maximum Gasteiger partial charge on any atom is 0.229 e. The average molecular weight is 426 g/mol. The molecule has 27 heavy (non-hydrogen) atoms. The van der Waals surface area contributed by atoms with Gasteiger partial charge in [-0.25, -0.2) is 4.68 Å². The van der Waals surface area contributed by atoms with Crippen LogP contribution in [-0.4, -0.2) is 33.4 Å². The van der Waals surface area contributed by atoms with Gasteiger partial charge in [0.1, 0.15) is 0 Å². The third-order valence-electron chi connectivity index (χ3n) is 4.47. The number of amides is 2. The smallest absolute Gasteiger partial charge is 0.229 e. The quantitative estimate of drug-likeness (QED) is 0.696. The van der Waals surface area contributed by atoms with E-state index in [-0.39, 0.29) is 18.2 Å². The summed E-state index contributed by atoms with van der Waals surface area (Å²) in [4.78, 5) is 26.9. The van der Waals surface area contributed by atoms with Crippen molar-refractivity contribution in [2.75, 3.05) is 16.8 Å². The van der Waals surface area contributed by atoms with Gasteiger partial charge in [-0.05, 0) is 40.2 Å². The van der Waals surface area contributed by atoms with Crippen LogP contribution in [0.3, 0.4) is 0 Å². The summed E-state index contributed by atoms with van der Waals surface area (Å²) in [6.45, 7) is 0.346. The van der Waals surface area contributed by atoms with Crippen LogP contribution in [0.1, 0.15) is 6.42 Å². The normalized spacial score (nSPS) is 16.6. The van der Waals surface area contributed by atoms with Crippen molar-refractivity contribution in [1.82, 2.24) is 15.0 Å². The number of benzene rings is 2. The molecule has 3 aromatic rings. The van der Waals surface area contributed by atoms with E-state index in [1.54, 1.807) is 28.0 Å². The highest BCUT2D eigenvalue weighted by Gasteiger charge is 2.36. The van der Waals surface area contributed by atoms with E-state index in [4.69, 9.17) is 0 Å². The van der Waals surface area contributed by atoms with Gasteiger partial charge in [0.2, 0.25) is 11.8 Å². The molecular weight excluding hydrogens is 410 g/mol. The molecule has 0 bridgehead atoms. The fourth-order valence-electron chi connectivity index (χ4n) is 3.14. The second kappa shape index (κ2) is 7.32. The zero-order chi connectivity index (χ0) is 18.8. The van der Waals surface area contributed by atoms with E-state index in [9.17, 15) is 9.59 Å². The number of aromatic nitrogens is 3. The third kappa shape index (κ3) is 3.48. The molecule has 4 rings (SSSR count). The number of rotatable bonds is 4. The number of halogens is 1. The maximum absolute atomic E-state index is 12.8. The molecule has 1 atom stereocenters. The van der Waals surface area contributed by atoms with Crippen LogP contribution >= 0.6 is 15.9 Å². The van der Waals surface area contributed by atoms with Gasteiger partial charge in [0, 0.05) is 17.4 Å². The lowest BCUT2D eigenvalue weighted by molar-refractivity contribution is -0.122. The molecule has 1 unspecified atom stereocenters. The van der Waals surface area contributed by atoms with Gasteiger partial charge in [-0.3, -0.25) is 9.59 Å². The van der Waals surface area contributed by atoms with Crippen LogP contribution in [0, 0.1) is 5.92 Å². The van der Waals surface area contributed by atoms with Crippen molar-refractivity contribution in [1.29, 1.82) is 0 Å². The Morgan fingerprint density at radius 3 is 2.59 bits per heavy atom. The van der Waals surface area contributed by atoms with Gasteiger partial charge >= 0.3 is 0 Å². The summed E-state index contributed by atoms with van der Waals surface area (Å²) in [5.74, 6) is -0.675. The van der Waals surface area contributed by atoms with E-state index in [2.05, 4.69) is 31.6 Å². The minimum absolute atomic E-state index is 0.0633. The van der Waals surface area contributed by atoms with Crippen LogP contribution in [0.4, 0.5) is 11.4 Å². The molecule has 0 spiro atoms. The lowest BCUT2D eigenvalue weighted by Gasteiger charge is -2.18. The highest BCUT2D eigenvalue weighted by atomic mass is 79.9.